The summed E-state index contributed by atoms with van der Waals surface area (Å²) in [6.45, 7) is 4.04. The molecule has 3 aromatic rings. The van der Waals surface area contributed by atoms with Gasteiger partial charge in [-0.25, -0.2) is 18.2 Å². The van der Waals surface area contributed by atoms with E-state index in [0.29, 0.717) is 31.0 Å². The van der Waals surface area contributed by atoms with Crippen LogP contribution in [0, 0.1) is 17.5 Å². The third kappa shape index (κ3) is 5.73. The number of aromatic nitrogens is 2. The van der Waals surface area contributed by atoms with Gasteiger partial charge >= 0.3 is 0 Å². The molecule has 9 heteroatoms. The van der Waals surface area contributed by atoms with Crippen molar-refractivity contribution in [1.29, 1.82) is 0 Å². The molecule has 0 bridgehead atoms. The summed E-state index contributed by atoms with van der Waals surface area (Å²) in [6, 6.07) is 11.4. The fourth-order valence-corrected chi connectivity index (χ4v) is 3.81. The Bertz CT molecular complexity index is 1130. The molecule has 0 aliphatic carbocycles. The van der Waals surface area contributed by atoms with Gasteiger partial charge in [0.25, 0.3) is 5.56 Å². The SMILES string of the molecule is O=c1c(N2CCN(CCc3ccccc3)CC2)nccn1CCOc1cc(F)c(F)cc1F. The highest BCUT2D eigenvalue weighted by atomic mass is 19.2. The smallest absolute Gasteiger partial charge is 0.293 e. The van der Waals surface area contributed by atoms with Crippen LogP contribution in [-0.4, -0.2) is 53.8 Å². The quantitative estimate of drug-likeness (QED) is 0.486. The van der Waals surface area contributed by atoms with E-state index in [1.54, 1.807) is 0 Å². The molecule has 0 atom stereocenters. The fourth-order valence-electron chi connectivity index (χ4n) is 3.81. The van der Waals surface area contributed by atoms with E-state index in [-0.39, 0.29) is 18.7 Å². The maximum atomic E-state index is 13.7. The van der Waals surface area contributed by atoms with E-state index in [2.05, 4.69) is 22.0 Å². The van der Waals surface area contributed by atoms with Crippen LogP contribution in [0.2, 0.25) is 0 Å². The first-order valence-corrected chi connectivity index (χ1v) is 10.9. The summed E-state index contributed by atoms with van der Waals surface area (Å²) < 4.78 is 46.7. The predicted molar refractivity (Wildman–Crippen MR) is 119 cm³/mol. The molecule has 0 unspecified atom stereocenters. The lowest BCUT2D eigenvalue weighted by Gasteiger charge is -2.35. The Morgan fingerprint density at radius 3 is 2.39 bits per heavy atom. The lowest BCUT2D eigenvalue weighted by molar-refractivity contribution is 0.259. The summed E-state index contributed by atoms with van der Waals surface area (Å²) in [5, 5.41) is 0. The number of hydrogen-bond acceptors (Lipinski definition) is 5. The van der Waals surface area contributed by atoms with Crippen molar-refractivity contribution in [2.45, 2.75) is 13.0 Å². The largest absolute Gasteiger partial charge is 0.489 e. The summed E-state index contributed by atoms with van der Waals surface area (Å²) in [5.41, 5.74) is 1.03. The van der Waals surface area contributed by atoms with Crippen LogP contribution in [0.15, 0.2) is 59.7 Å². The number of hydrogen-bond donors (Lipinski definition) is 0. The molecular formula is C24H25F3N4O2. The van der Waals surface area contributed by atoms with Gasteiger partial charge in [-0.15, -0.1) is 0 Å². The van der Waals surface area contributed by atoms with Crippen molar-refractivity contribution in [3.63, 3.8) is 0 Å². The van der Waals surface area contributed by atoms with E-state index in [1.165, 1.54) is 22.5 Å². The molecule has 6 nitrogen and oxygen atoms in total. The lowest BCUT2D eigenvalue weighted by Crippen LogP contribution is -2.49. The zero-order valence-electron chi connectivity index (χ0n) is 18.1. The maximum absolute atomic E-state index is 13.7. The van der Waals surface area contributed by atoms with Crippen molar-refractivity contribution in [2.75, 3.05) is 44.2 Å². The molecule has 33 heavy (non-hydrogen) atoms. The average molecular weight is 458 g/mol. The van der Waals surface area contributed by atoms with Gasteiger partial charge in [-0.1, -0.05) is 30.3 Å². The van der Waals surface area contributed by atoms with Crippen LogP contribution in [0.5, 0.6) is 5.75 Å². The van der Waals surface area contributed by atoms with Crippen molar-refractivity contribution in [3.05, 3.63) is 88.2 Å². The van der Waals surface area contributed by atoms with Gasteiger partial charge in [-0.3, -0.25) is 9.69 Å². The second-order valence-electron chi connectivity index (χ2n) is 7.86. The topological polar surface area (TPSA) is 50.6 Å². The zero-order valence-corrected chi connectivity index (χ0v) is 18.1. The molecule has 1 aliphatic heterocycles. The van der Waals surface area contributed by atoms with Gasteiger partial charge in [0.05, 0.1) is 6.54 Å². The van der Waals surface area contributed by atoms with Crippen LogP contribution < -0.4 is 15.2 Å². The third-order valence-electron chi connectivity index (χ3n) is 5.69. The average Bonchev–Trinajstić information content (AvgIpc) is 2.83. The maximum Gasteiger partial charge on any atom is 0.293 e. The molecule has 2 heterocycles. The highest BCUT2D eigenvalue weighted by molar-refractivity contribution is 5.36. The van der Waals surface area contributed by atoms with E-state index in [1.807, 2.05) is 23.1 Å². The minimum absolute atomic E-state index is 0.0847. The van der Waals surface area contributed by atoms with Crippen LogP contribution in [0.25, 0.3) is 0 Å². The van der Waals surface area contributed by atoms with Gasteiger partial charge in [-0.05, 0) is 12.0 Å². The summed E-state index contributed by atoms with van der Waals surface area (Å²) in [4.78, 5) is 21.5. The Labute approximate surface area is 189 Å². The van der Waals surface area contributed by atoms with Crippen molar-refractivity contribution < 1.29 is 17.9 Å². The van der Waals surface area contributed by atoms with Crippen LogP contribution >= 0.6 is 0 Å². The minimum Gasteiger partial charge on any atom is -0.489 e. The van der Waals surface area contributed by atoms with E-state index < -0.39 is 23.2 Å². The number of piperazine rings is 1. The first-order chi connectivity index (χ1) is 16.0. The molecule has 1 aliphatic rings. The van der Waals surface area contributed by atoms with Gasteiger partial charge < -0.3 is 14.2 Å². The van der Waals surface area contributed by atoms with Crippen molar-refractivity contribution in [2.24, 2.45) is 0 Å². The Hall–Kier alpha value is -3.33. The second kappa shape index (κ2) is 10.5. The molecule has 1 fully saturated rings. The molecule has 0 amide bonds. The monoisotopic (exact) mass is 458 g/mol. The van der Waals surface area contributed by atoms with Gasteiger partial charge in [0.2, 0.25) is 0 Å². The molecular weight excluding hydrogens is 433 g/mol. The van der Waals surface area contributed by atoms with Crippen LogP contribution in [0.3, 0.4) is 0 Å². The standard InChI is InChI=1S/C24H25F3N4O2/c25-19-16-21(27)22(17-20(19)26)33-15-14-31-9-7-28-23(24(31)32)30-12-10-29(11-13-30)8-6-18-4-2-1-3-5-18/h1-5,7,9,16-17H,6,8,10-15H2. The predicted octanol–water partition coefficient (Wildman–Crippen LogP) is 3.10. The summed E-state index contributed by atoms with van der Waals surface area (Å²) in [7, 11) is 0. The normalized spacial score (nSPS) is 14.5. The van der Waals surface area contributed by atoms with Crippen molar-refractivity contribution in [1.82, 2.24) is 14.5 Å². The van der Waals surface area contributed by atoms with Crippen LogP contribution in [0.4, 0.5) is 19.0 Å². The van der Waals surface area contributed by atoms with Gasteiger partial charge in [0.15, 0.2) is 29.0 Å². The second-order valence-corrected chi connectivity index (χ2v) is 7.86. The van der Waals surface area contributed by atoms with Crippen molar-refractivity contribution >= 4 is 5.82 Å². The van der Waals surface area contributed by atoms with Gasteiger partial charge in [0, 0.05) is 57.3 Å². The Balaban J connectivity index is 1.31. The minimum atomic E-state index is -1.28. The fraction of sp³-hybridized carbons (Fsp3) is 0.333. The third-order valence-corrected chi connectivity index (χ3v) is 5.69. The molecule has 174 valence electrons. The Morgan fingerprint density at radius 2 is 1.64 bits per heavy atom. The van der Waals surface area contributed by atoms with Crippen LogP contribution in [0.1, 0.15) is 5.56 Å². The molecule has 1 saturated heterocycles. The molecule has 0 saturated carbocycles. The zero-order chi connectivity index (χ0) is 23.2. The van der Waals surface area contributed by atoms with Gasteiger partial charge in [0.1, 0.15) is 6.61 Å². The molecule has 0 N–H and O–H groups in total. The van der Waals surface area contributed by atoms with Gasteiger partial charge in [-0.2, -0.15) is 0 Å². The molecule has 4 rings (SSSR count). The molecule has 2 aromatic carbocycles. The van der Waals surface area contributed by atoms with E-state index in [0.717, 1.165) is 26.1 Å². The van der Waals surface area contributed by atoms with E-state index in [4.69, 9.17) is 4.74 Å². The summed E-state index contributed by atoms with van der Waals surface area (Å²) >= 11 is 0. The molecule has 0 spiro atoms. The van der Waals surface area contributed by atoms with E-state index >= 15 is 0 Å². The number of rotatable bonds is 8. The number of nitrogens with zero attached hydrogens (tertiary/aromatic N) is 4. The van der Waals surface area contributed by atoms with Crippen LogP contribution in [-0.2, 0) is 13.0 Å². The summed E-state index contributed by atoms with van der Waals surface area (Å²) in [6.07, 6.45) is 4.04. The Kier molecular flexibility index (Phi) is 7.29. The summed E-state index contributed by atoms with van der Waals surface area (Å²) in [5.74, 6) is -3.52. The number of ether oxygens (including phenoxy) is 1. The van der Waals surface area contributed by atoms with E-state index in [9.17, 15) is 18.0 Å². The number of benzene rings is 2. The molecule has 1 aromatic heterocycles. The van der Waals surface area contributed by atoms with Crippen molar-refractivity contribution in [3.8, 4) is 5.75 Å². The number of halogens is 3. The molecule has 0 radical (unpaired) electrons. The lowest BCUT2D eigenvalue weighted by atomic mass is 10.1. The highest BCUT2D eigenvalue weighted by Crippen LogP contribution is 2.20. The first-order valence-electron chi connectivity index (χ1n) is 10.9. The first kappa shape index (κ1) is 22.8. The Morgan fingerprint density at radius 1 is 0.909 bits per heavy atom. The number of anilines is 1. The highest BCUT2D eigenvalue weighted by Gasteiger charge is 2.21.